The quantitative estimate of drug-likeness (QED) is 0.690. The van der Waals surface area contributed by atoms with Gasteiger partial charge < -0.3 is 11.5 Å². The van der Waals surface area contributed by atoms with Gasteiger partial charge in [0.2, 0.25) is 5.91 Å². The maximum absolute atomic E-state index is 11.8. The number of fused-ring (bicyclic) bond motifs is 1. The summed E-state index contributed by atoms with van der Waals surface area (Å²) >= 11 is 0. The predicted octanol–water partition coefficient (Wildman–Crippen LogP) is -0.497. The van der Waals surface area contributed by atoms with Crippen LogP contribution < -0.4 is 11.5 Å². The molecule has 1 atom stereocenters. The lowest BCUT2D eigenvalue weighted by atomic mass is 9.87. The molecule has 0 saturated carbocycles. The second-order valence-electron chi connectivity index (χ2n) is 3.90. The monoisotopic (exact) mass is 240 g/mol. The number of hydrogen-bond acceptors (Lipinski definition) is 4. The molecule has 1 aromatic carbocycles. The standard InChI is InChI=1S/C10H12N2O3S/c11-9(13)10(12)5-6-16(14,15)8-4-2-1-3-7(8)10/h1-4H,5-6,12H2,(H2,11,13). The number of carbonyl (C=O) groups excluding carboxylic acids is 1. The second-order valence-corrected chi connectivity index (χ2v) is 5.98. The van der Waals surface area contributed by atoms with Crippen LogP contribution >= 0.6 is 0 Å². The smallest absolute Gasteiger partial charge is 0.242 e. The summed E-state index contributed by atoms with van der Waals surface area (Å²) in [7, 11) is -3.33. The van der Waals surface area contributed by atoms with Crippen molar-refractivity contribution in [2.45, 2.75) is 16.9 Å². The van der Waals surface area contributed by atoms with Crippen LogP contribution in [-0.2, 0) is 20.2 Å². The van der Waals surface area contributed by atoms with Gasteiger partial charge in [-0.1, -0.05) is 18.2 Å². The average Bonchev–Trinajstić information content (AvgIpc) is 2.24. The van der Waals surface area contributed by atoms with Crippen molar-refractivity contribution in [2.24, 2.45) is 11.5 Å². The SMILES string of the molecule is NC(=O)C1(N)CCS(=O)(=O)c2ccccc21. The summed E-state index contributed by atoms with van der Waals surface area (Å²) in [5.41, 5.74) is 10.1. The zero-order chi connectivity index (χ0) is 12.0. The molecular weight excluding hydrogens is 228 g/mol. The van der Waals surface area contributed by atoms with Gasteiger partial charge in [-0.15, -0.1) is 0 Å². The van der Waals surface area contributed by atoms with Gasteiger partial charge in [-0.3, -0.25) is 4.79 Å². The molecule has 1 aliphatic heterocycles. The van der Waals surface area contributed by atoms with E-state index >= 15 is 0 Å². The molecule has 6 heteroatoms. The van der Waals surface area contributed by atoms with E-state index in [1.54, 1.807) is 12.1 Å². The molecule has 86 valence electrons. The van der Waals surface area contributed by atoms with Crippen molar-refractivity contribution < 1.29 is 13.2 Å². The van der Waals surface area contributed by atoms with Crippen LogP contribution in [0.3, 0.4) is 0 Å². The average molecular weight is 240 g/mol. The van der Waals surface area contributed by atoms with E-state index in [0.29, 0.717) is 5.56 Å². The molecular formula is C10H12N2O3S. The van der Waals surface area contributed by atoms with Gasteiger partial charge in [0, 0.05) is 5.56 Å². The molecule has 4 N–H and O–H groups in total. The van der Waals surface area contributed by atoms with Gasteiger partial charge in [0.1, 0.15) is 5.54 Å². The Kier molecular flexibility index (Phi) is 2.28. The van der Waals surface area contributed by atoms with Gasteiger partial charge in [0.15, 0.2) is 9.84 Å². The van der Waals surface area contributed by atoms with E-state index in [1.807, 2.05) is 0 Å². The third-order valence-electron chi connectivity index (χ3n) is 2.91. The van der Waals surface area contributed by atoms with Crippen LogP contribution in [0.5, 0.6) is 0 Å². The molecule has 0 aromatic heterocycles. The van der Waals surface area contributed by atoms with Gasteiger partial charge in [0.05, 0.1) is 10.6 Å². The Morgan fingerprint density at radius 1 is 1.31 bits per heavy atom. The molecule has 0 saturated heterocycles. The molecule has 1 aliphatic rings. The number of primary amides is 1. The van der Waals surface area contributed by atoms with Crippen LogP contribution in [-0.4, -0.2) is 20.1 Å². The first-order valence-electron chi connectivity index (χ1n) is 4.79. The molecule has 0 aliphatic carbocycles. The lowest BCUT2D eigenvalue weighted by Gasteiger charge is -2.32. The van der Waals surface area contributed by atoms with Gasteiger partial charge in [-0.05, 0) is 12.5 Å². The number of benzene rings is 1. The first kappa shape index (κ1) is 11.1. The summed E-state index contributed by atoms with van der Waals surface area (Å²) in [5, 5.41) is 0. The Morgan fingerprint density at radius 2 is 1.94 bits per heavy atom. The molecule has 1 amide bonds. The summed E-state index contributed by atoms with van der Waals surface area (Å²) in [6.45, 7) is 0. The Labute approximate surface area is 93.4 Å². The zero-order valence-corrected chi connectivity index (χ0v) is 9.33. The maximum atomic E-state index is 11.8. The maximum Gasteiger partial charge on any atom is 0.242 e. The highest BCUT2D eigenvalue weighted by molar-refractivity contribution is 7.91. The number of nitrogens with two attached hydrogens (primary N) is 2. The van der Waals surface area contributed by atoms with Crippen molar-refractivity contribution in [1.29, 1.82) is 0 Å². The van der Waals surface area contributed by atoms with Gasteiger partial charge in [-0.2, -0.15) is 0 Å². The topological polar surface area (TPSA) is 103 Å². The minimum atomic E-state index is -3.33. The number of hydrogen-bond donors (Lipinski definition) is 2. The van der Waals surface area contributed by atoms with E-state index in [2.05, 4.69) is 0 Å². The summed E-state index contributed by atoms with van der Waals surface area (Å²) in [5.74, 6) is -0.849. The minimum Gasteiger partial charge on any atom is -0.368 e. The number of carbonyl (C=O) groups is 1. The molecule has 0 spiro atoms. The third-order valence-corrected chi connectivity index (χ3v) is 4.68. The van der Waals surface area contributed by atoms with Crippen LogP contribution in [0.1, 0.15) is 12.0 Å². The van der Waals surface area contributed by atoms with E-state index in [-0.39, 0.29) is 17.1 Å². The minimum absolute atomic E-state index is 0.0294. The van der Waals surface area contributed by atoms with Gasteiger partial charge in [0.25, 0.3) is 0 Å². The van der Waals surface area contributed by atoms with Crippen LogP contribution in [0.25, 0.3) is 0 Å². The Balaban J connectivity index is 2.74. The molecule has 0 fully saturated rings. The highest BCUT2D eigenvalue weighted by Gasteiger charge is 2.43. The summed E-state index contributed by atoms with van der Waals surface area (Å²) in [4.78, 5) is 11.5. The molecule has 5 nitrogen and oxygen atoms in total. The van der Waals surface area contributed by atoms with E-state index in [4.69, 9.17) is 11.5 Å². The highest BCUT2D eigenvalue weighted by Crippen LogP contribution is 2.34. The number of sulfone groups is 1. The predicted molar refractivity (Wildman–Crippen MR) is 58.2 cm³/mol. The lowest BCUT2D eigenvalue weighted by molar-refractivity contribution is -0.123. The molecule has 1 unspecified atom stereocenters. The summed E-state index contributed by atoms with van der Waals surface area (Å²) in [6, 6.07) is 6.23. The second kappa shape index (κ2) is 3.29. The largest absolute Gasteiger partial charge is 0.368 e. The summed E-state index contributed by atoms with van der Waals surface area (Å²) < 4.78 is 23.6. The van der Waals surface area contributed by atoms with E-state index in [9.17, 15) is 13.2 Å². The lowest BCUT2D eigenvalue weighted by Crippen LogP contribution is -2.52. The van der Waals surface area contributed by atoms with Crippen LogP contribution in [0.2, 0.25) is 0 Å². The van der Waals surface area contributed by atoms with E-state index in [1.165, 1.54) is 12.1 Å². The van der Waals surface area contributed by atoms with Crippen LogP contribution in [0.4, 0.5) is 0 Å². The molecule has 0 bridgehead atoms. The van der Waals surface area contributed by atoms with Crippen LogP contribution in [0, 0.1) is 0 Å². The van der Waals surface area contributed by atoms with Crippen molar-refractivity contribution in [1.82, 2.24) is 0 Å². The zero-order valence-electron chi connectivity index (χ0n) is 8.51. The number of amides is 1. The fourth-order valence-electron chi connectivity index (χ4n) is 1.90. The molecule has 16 heavy (non-hydrogen) atoms. The molecule has 0 radical (unpaired) electrons. The van der Waals surface area contributed by atoms with Crippen molar-refractivity contribution in [3.05, 3.63) is 29.8 Å². The molecule has 1 aromatic rings. The van der Waals surface area contributed by atoms with Crippen LogP contribution in [0.15, 0.2) is 29.2 Å². The van der Waals surface area contributed by atoms with Gasteiger partial charge >= 0.3 is 0 Å². The van der Waals surface area contributed by atoms with E-state index in [0.717, 1.165) is 0 Å². The Hall–Kier alpha value is -1.40. The molecule has 2 rings (SSSR count). The Morgan fingerprint density at radius 3 is 2.56 bits per heavy atom. The Bertz CT molecular complexity index is 553. The van der Waals surface area contributed by atoms with Gasteiger partial charge in [-0.25, -0.2) is 8.42 Å². The van der Waals surface area contributed by atoms with Crippen molar-refractivity contribution in [3.8, 4) is 0 Å². The normalized spacial score (nSPS) is 27.1. The third kappa shape index (κ3) is 1.42. The highest BCUT2D eigenvalue weighted by atomic mass is 32.2. The molecule has 1 heterocycles. The van der Waals surface area contributed by atoms with Crippen molar-refractivity contribution in [2.75, 3.05) is 5.75 Å². The van der Waals surface area contributed by atoms with E-state index < -0.39 is 21.3 Å². The van der Waals surface area contributed by atoms with Crippen molar-refractivity contribution in [3.63, 3.8) is 0 Å². The first-order valence-corrected chi connectivity index (χ1v) is 6.44. The number of rotatable bonds is 1. The summed E-state index contributed by atoms with van der Waals surface area (Å²) in [6.07, 6.45) is 0.0294. The fraction of sp³-hybridized carbons (Fsp3) is 0.300. The van der Waals surface area contributed by atoms with Crippen molar-refractivity contribution >= 4 is 15.7 Å². The first-order chi connectivity index (χ1) is 7.38. The fourth-order valence-corrected chi connectivity index (χ4v) is 3.58.